The van der Waals surface area contributed by atoms with Crippen LogP contribution in [0.25, 0.3) is 0 Å². The highest BCUT2D eigenvalue weighted by Gasteiger charge is 2.24. The lowest BCUT2D eigenvalue weighted by Gasteiger charge is -2.25. The SMILES string of the molecule is CCCCN(C(=O)CSc1ccccc1Br)c1c(N)n(CC(C)C)c(=O)[nH]c1=O. The molecule has 0 spiro atoms. The summed E-state index contributed by atoms with van der Waals surface area (Å²) in [5, 5.41) is 0. The normalized spacial score (nSPS) is 11.1. The van der Waals surface area contributed by atoms with E-state index < -0.39 is 11.2 Å². The maximum absolute atomic E-state index is 13.1. The number of benzene rings is 1. The van der Waals surface area contributed by atoms with Crippen molar-refractivity contribution >= 4 is 45.1 Å². The Morgan fingerprint density at radius 3 is 2.62 bits per heavy atom. The van der Waals surface area contributed by atoms with Gasteiger partial charge < -0.3 is 10.6 Å². The summed E-state index contributed by atoms with van der Waals surface area (Å²) in [4.78, 5) is 42.5. The van der Waals surface area contributed by atoms with Gasteiger partial charge in [-0.3, -0.25) is 19.1 Å². The maximum atomic E-state index is 13.1. The highest BCUT2D eigenvalue weighted by molar-refractivity contribution is 9.10. The molecule has 1 heterocycles. The smallest absolute Gasteiger partial charge is 0.330 e. The number of carbonyl (C=O) groups is 1. The Bertz CT molecular complexity index is 971. The van der Waals surface area contributed by atoms with E-state index in [0.717, 1.165) is 15.8 Å². The molecule has 0 atom stereocenters. The van der Waals surface area contributed by atoms with Crippen molar-refractivity contribution < 1.29 is 4.79 Å². The Labute approximate surface area is 182 Å². The van der Waals surface area contributed by atoms with Gasteiger partial charge in [-0.2, -0.15) is 0 Å². The fourth-order valence-corrected chi connectivity index (χ4v) is 4.28. The highest BCUT2D eigenvalue weighted by Crippen LogP contribution is 2.28. The molecule has 0 radical (unpaired) electrons. The fourth-order valence-electron chi connectivity index (χ4n) is 2.84. The van der Waals surface area contributed by atoms with Crippen LogP contribution in [0.5, 0.6) is 0 Å². The van der Waals surface area contributed by atoms with E-state index in [1.807, 2.05) is 45.0 Å². The predicted molar refractivity (Wildman–Crippen MR) is 123 cm³/mol. The Hall–Kier alpha value is -2.00. The van der Waals surface area contributed by atoms with Crippen LogP contribution in [0.15, 0.2) is 43.2 Å². The van der Waals surface area contributed by atoms with Crippen LogP contribution in [-0.4, -0.2) is 27.8 Å². The minimum atomic E-state index is -0.636. The van der Waals surface area contributed by atoms with Crippen molar-refractivity contribution in [2.75, 3.05) is 22.9 Å². The first-order valence-corrected chi connectivity index (χ1v) is 11.3. The number of nitrogens with zero attached hydrogens (tertiary/aromatic N) is 2. The van der Waals surface area contributed by atoms with Crippen molar-refractivity contribution in [3.8, 4) is 0 Å². The van der Waals surface area contributed by atoms with E-state index in [4.69, 9.17) is 5.73 Å². The van der Waals surface area contributed by atoms with Crippen molar-refractivity contribution in [1.29, 1.82) is 0 Å². The van der Waals surface area contributed by atoms with Gasteiger partial charge in [0.1, 0.15) is 5.82 Å². The standard InChI is InChI=1S/C20H27BrN4O3S/c1-4-5-10-24(16(26)12-29-15-9-7-6-8-14(15)21)17-18(22)25(11-13(2)3)20(28)23-19(17)27/h6-9,13H,4-5,10-12,22H2,1-3H3,(H,23,27,28). The number of amides is 1. The maximum Gasteiger partial charge on any atom is 0.330 e. The summed E-state index contributed by atoms with van der Waals surface area (Å²) in [6, 6.07) is 7.63. The van der Waals surface area contributed by atoms with Gasteiger partial charge in [0.05, 0.1) is 5.75 Å². The number of anilines is 2. The molecule has 0 bridgehead atoms. The number of carbonyl (C=O) groups excluding carboxylic acids is 1. The first-order valence-electron chi connectivity index (χ1n) is 9.56. The van der Waals surface area contributed by atoms with Crippen molar-refractivity contribution in [2.45, 2.75) is 45.1 Å². The predicted octanol–water partition coefficient (Wildman–Crippen LogP) is 3.46. The van der Waals surface area contributed by atoms with E-state index in [1.165, 1.54) is 21.2 Å². The molecule has 2 rings (SSSR count). The third-order valence-electron chi connectivity index (χ3n) is 4.26. The molecule has 0 saturated heterocycles. The zero-order valence-corrected chi connectivity index (χ0v) is 19.3. The molecule has 0 unspecified atom stereocenters. The molecular formula is C20H27BrN4O3S. The number of thioether (sulfide) groups is 1. The second-order valence-electron chi connectivity index (χ2n) is 7.12. The number of halogens is 1. The van der Waals surface area contributed by atoms with Crippen LogP contribution in [0.2, 0.25) is 0 Å². The van der Waals surface area contributed by atoms with Gasteiger partial charge in [0.25, 0.3) is 5.56 Å². The molecule has 0 aliphatic carbocycles. The van der Waals surface area contributed by atoms with Gasteiger partial charge in [0.2, 0.25) is 5.91 Å². The number of nitrogens with two attached hydrogens (primary N) is 1. The topological polar surface area (TPSA) is 101 Å². The number of aromatic amines is 1. The molecule has 1 aromatic carbocycles. The zero-order chi connectivity index (χ0) is 21.6. The number of unbranched alkanes of at least 4 members (excludes halogenated alkanes) is 1. The van der Waals surface area contributed by atoms with Gasteiger partial charge in [-0.05, 0) is 40.4 Å². The summed E-state index contributed by atoms with van der Waals surface area (Å²) < 4.78 is 2.23. The lowest BCUT2D eigenvalue weighted by molar-refractivity contribution is -0.116. The molecule has 1 aromatic heterocycles. The fraction of sp³-hybridized carbons (Fsp3) is 0.450. The molecule has 3 N–H and O–H groups in total. The van der Waals surface area contributed by atoms with E-state index in [1.54, 1.807) is 0 Å². The number of hydrogen-bond donors (Lipinski definition) is 2. The lowest BCUT2D eigenvalue weighted by Crippen LogP contribution is -2.42. The van der Waals surface area contributed by atoms with Gasteiger partial charge in [-0.15, -0.1) is 11.8 Å². The minimum absolute atomic E-state index is 0.0304. The minimum Gasteiger partial charge on any atom is -0.383 e. The zero-order valence-electron chi connectivity index (χ0n) is 16.9. The lowest BCUT2D eigenvalue weighted by atomic mass is 10.2. The van der Waals surface area contributed by atoms with Crippen molar-refractivity contribution in [3.63, 3.8) is 0 Å². The van der Waals surface area contributed by atoms with Gasteiger partial charge in [0.15, 0.2) is 5.69 Å². The molecule has 0 aliphatic rings. The monoisotopic (exact) mass is 482 g/mol. The molecule has 29 heavy (non-hydrogen) atoms. The molecule has 2 aromatic rings. The summed E-state index contributed by atoms with van der Waals surface area (Å²) in [5.41, 5.74) is 5.07. The molecule has 9 heteroatoms. The Morgan fingerprint density at radius 2 is 2.00 bits per heavy atom. The van der Waals surface area contributed by atoms with Crippen molar-refractivity contribution in [1.82, 2.24) is 9.55 Å². The van der Waals surface area contributed by atoms with Crippen molar-refractivity contribution in [2.24, 2.45) is 5.92 Å². The third kappa shape index (κ3) is 5.99. The van der Waals surface area contributed by atoms with Crippen LogP contribution >= 0.6 is 27.7 Å². The van der Waals surface area contributed by atoms with Crippen LogP contribution in [0.4, 0.5) is 11.5 Å². The van der Waals surface area contributed by atoms with E-state index in [0.29, 0.717) is 19.5 Å². The molecule has 0 aliphatic heterocycles. The van der Waals surface area contributed by atoms with Gasteiger partial charge >= 0.3 is 5.69 Å². The van der Waals surface area contributed by atoms with Gasteiger partial charge in [-0.25, -0.2) is 4.79 Å². The van der Waals surface area contributed by atoms with Gasteiger partial charge in [0, 0.05) is 22.5 Å². The molecule has 158 valence electrons. The Balaban J connectivity index is 2.38. The van der Waals surface area contributed by atoms with Crippen LogP contribution in [0.1, 0.15) is 33.6 Å². The summed E-state index contributed by atoms with van der Waals surface area (Å²) in [6.07, 6.45) is 1.57. The van der Waals surface area contributed by atoms with E-state index in [2.05, 4.69) is 20.9 Å². The molecule has 7 nitrogen and oxygen atoms in total. The Morgan fingerprint density at radius 1 is 1.31 bits per heavy atom. The first-order chi connectivity index (χ1) is 13.8. The Kier molecular flexibility index (Phi) is 8.58. The molecule has 1 amide bonds. The summed E-state index contributed by atoms with van der Waals surface area (Å²) in [5.74, 6) is 0.0996. The number of nitrogens with one attached hydrogen (secondary N) is 1. The average Bonchev–Trinajstić information content (AvgIpc) is 2.66. The van der Waals surface area contributed by atoms with Crippen LogP contribution in [0, 0.1) is 5.92 Å². The van der Waals surface area contributed by atoms with Crippen molar-refractivity contribution in [3.05, 3.63) is 49.6 Å². The number of H-pyrrole nitrogens is 1. The number of aromatic nitrogens is 2. The second kappa shape index (κ2) is 10.7. The van der Waals surface area contributed by atoms with Crippen LogP contribution < -0.4 is 21.9 Å². The molecular weight excluding hydrogens is 456 g/mol. The highest BCUT2D eigenvalue weighted by atomic mass is 79.9. The van der Waals surface area contributed by atoms with E-state index in [9.17, 15) is 14.4 Å². The summed E-state index contributed by atoms with van der Waals surface area (Å²) >= 11 is 4.86. The summed E-state index contributed by atoms with van der Waals surface area (Å²) in [7, 11) is 0. The average molecular weight is 483 g/mol. The number of nitrogen functional groups attached to an aromatic ring is 1. The van der Waals surface area contributed by atoms with Gasteiger partial charge in [-0.1, -0.05) is 39.3 Å². The second-order valence-corrected chi connectivity index (χ2v) is 8.99. The van der Waals surface area contributed by atoms with E-state index in [-0.39, 0.29) is 29.1 Å². The van der Waals surface area contributed by atoms with Crippen LogP contribution in [-0.2, 0) is 11.3 Å². The molecule has 0 saturated carbocycles. The first kappa shape index (κ1) is 23.3. The summed E-state index contributed by atoms with van der Waals surface area (Å²) in [6.45, 7) is 6.62. The molecule has 0 fully saturated rings. The third-order valence-corrected chi connectivity index (χ3v) is 6.27. The number of rotatable bonds is 9. The van der Waals surface area contributed by atoms with E-state index >= 15 is 0 Å². The van der Waals surface area contributed by atoms with Crippen LogP contribution in [0.3, 0.4) is 0 Å². The largest absolute Gasteiger partial charge is 0.383 e. The quantitative estimate of drug-likeness (QED) is 0.532. The number of hydrogen-bond acceptors (Lipinski definition) is 5.